The molecule has 0 atom stereocenters. The van der Waals surface area contributed by atoms with E-state index in [-0.39, 0.29) is 18.0 Å². The van der Waals surface area contributed by atoms with E-state index in [2.05, 4.69) is 5.32 Å². The molecule has 0 fully saturated rings. The largest absolute Gasteiger partial charge is 0.493 e. The van der Waals surface area contributed by atoms with Crippen LogP contribution in [-0.2, 0) is 4.79 Å². The number of anilines is 1. The van der Waals surface area contributed by atoms with Gasteiger partial charge in [-0.25, -0.2) is 0 Å². The molecule has 7 nitrogen and oxygen atoms in total. The van der Waals surface area contributed by atoms with E-state index in [0.29, 0.717) is 18.1 Å². The van der Waals surface area contributed by atoms with E-state index in [4.69, 9.17) is 9.47 Å². The number of nitrogens with zero attached hydrogens (tertiary/aromatic N) is 1. The molecule has 0 aliphatic carbocycles. The molecule has 2 aromatic carbocycles. The number of amides is 1. The fraction of sp³-hybridized carbons (Fsp3) is 0.316. The fourth-order valence-electron chi connectivity index (χ4n) is 2.43. The Labute approximate surface area is 152 Å². The Bertz CT molecular complexity index is 784. The van der Waals surface area contributed by atoms with Crippen molar-refractivity contribution in [2.45, 2.75) is 27.2 Å². The zero-order chi connectivity index (χ0) is 19.1. The Morgan fingerprint density at radius 2 is 1.85 bits per heavy atom. The molecule has 0 aliphatic heterocycles. The van der Waals surface area contributed by atoms with Crippen molar-refractivity contribution < 1.29 is 19.2 Å². The van der Waals surface area contributed by atoms with E-state index >= 15 is 0 Å². The average Bonchev–Trinajstić information content (AvgIpc) is 2.60. The Morgan fingerprint density at radius 3 is 2.46 bits per heavy atom. The summed E-state index contributed by atoms with van der Waals surface area (Å²) in [7, 11) is 0. The number of carbonyl (C=O) groups excluding carboxylic acids is 1. The van der Waals surface area contributed by atoms with Crippen LogP contribution in [0.25, 0.3) is 0 Å². The number of nitrogens with one attached hydrogen (secondary N) is 1. The van der Waals surface area contributed by atoms with Gasteiger partial charge in [0.1, 0.15) is 17.2 Å². The van der Waals surface area contributed by atoms with Gasteiger partial charge in [0.2, 0.25) is 0 Å². The van der Waals surface area contributed by atoms with Crippen LogP contribution in [-0.4, -0.2) is 24.0 Å². The molecule has 0 aromatic heterocycles. The minimum atomic E-state index is -0.555. The maximum absolute atomic E-state index is 12.2. The van der Waals surface area contributed by atoms with E-state index in [9.17, 15) is 14.9 Å². The molecule has 2 rings (SSSR count). The second kappa shape index (κ2) is 8.84. The summed E-state index contributed by atoms with van der Waals surface area (Å²) >= 11 is 0. The van der Waals surface area contributed by atoms with Crippen LogP contribution in [0.4, 0.5) is 11.4 Å². The van der Waals surface area contributed by atoms with Crippen LogP contribution in [0, 0.1) is 24.0 Å². The maximum atomic E-state index is 12.2. The highest BCUT2D eigenvalue weighted by molar-refractivity contribution is 5.94. The summed E-state index contributed by atoms with van der Waals surface area (Å²) in [5.74, 6) is 0.557. The third-order valence-electron chi connectivity index (χ3n) is 3.67. The molecule has 0 radical (unpaired) electrons. The monoisotopic (exact) mass is 358 g/mol. The molecule has 0 heterocycles. The number of para-hydroxylation sites is 1. The highest BCUT2D eigenvalue weighted by Gasteiger charge is 2.18. The van der Waals surface area contributed by atoms with Crippen LogP contribution in [0.5, 0.6) is 11.5 Å². The summed E-state index contributed by atoms with van der Waals surface area (Å²) in [6, 6.07) is 10.0. The molecule has 0 aliphatic rings. The minimum absolute atomic E-state index is 0.106. The molecule has 1 N–H and O–H groups in total. The normalized spacial score (nSPS) is 10.3. The summed E-state index contributed by atoms with van der Waals surface area (Å²) in [6.07, 6.45) is 0.794. The van der Waals surface area contributed by atoms with Crippen molar-refractivity contribution in [3.63, 3.8) is 0 Å². The molecule has 1 amide bonds. The molecule has 2 aromatic rings. The molecule has 0 saturated carbocycles. The van der Waals surface area contributed by atoms with Crippen LogP contribution >= 0.6 is 0 Å². The van der Waals surface area contributed by atoms with Gasteiger partial charge in [0, 0.05) is 0 Å². The number of ether oxygens (including phenoxy) is 2. The smallest absolute Gasteiger partial charge is 0.296 e. The third-order valence-corrected chi connectivity index (χ3v) is 3.67. The number of hydrogen-bond donors (Lipinski definition) is 1. The standard InChI is InChI=1S/C19H22N2O5/c1-4-10-25-15-8-9-16(17(11-15)21(23)24)20-18(22)12-26-19-13(2)6-5-7-14(19)3/h5-9,11H,4,10,12H2,1-3H3,(H,20,22). The summed E-state index contributed by atoms with van der Waals surface area (Å²) in [6.45, 7) is 5.95. The zero-order valence-corrected chi connectivity index (χ0v) is 15.1. The lowest BCUT2D eigenvalue weighted by atomic mass is 10.1. The Kier molecular flexibility index (Phi) is 6.54. The molecule has 7 heteroatoms. The molecular weight excluding hydrogens is 336 g/mol. The number of rotatable bonds is 8. The van der Waals surface area contributed by atoms with E-state index in [0.717, 1.165) is 17.5 Å². The third kappa shape index (κ3) is 4.95. The molecule has 0 bridgehead atoms. The van der Waals surface area contributed by atoms with Gasteiger partial charge >= 0.3 is 0 Å². The van der Waals surface area contributed by atoms with Gasteiger partial charge in [-0.1, -0.05) is 25.1 Å². The van der Waals surface area contributed by atoms with Crippen molar-refractivity contribution in [1.82, 2.24) is 0 Å². The predicted molar refractivity (Wildman–Crippen MR) is 98.9 cm³/mol. The lowest BCUT2D eigenvalue weighted by Gasteiger charge is -2.12. The maximum Gasteiger partial charge on any atom is 0.296 e. The van der Waals surface area contributed by atoms with Gasteiger partial charge in [0.15, 0.2) is 6.61 Å². The summed E-state index contributed by atoms with van der Waals surface area (Å²) < 4.78 is 11.0. The van der Waals surface area contributed by atoms with Gasteiger partial charge in [-0.2, -0.15) is 0 Å². The van der Waals surface area contributed by atoms with Gasteiger partial charge in [-0.15, -0.1) is 0 Å². The van der Waals surface area contributed by atoms with Crippen molar-refractivity contribution in [2.24, 2.45) is 0 Å². The lowest BCUT2D eigenvalue weighted by Crippen LogP contribution is -2.21. The number of nitro benzene ring substituents is 1. The number of benzene rings is 2. The summed E-state index contributed by atoms with van der Waals surface area (Å²) in [5.41, 5.74) is 1.72. The van der Waals surface area contributed by atoms with Gasteiger partial charge in [0.05, 0.1) is 17.6 Å². The first-order valence-electron chi connectivity index (χ1n) is 8.32. The van der Waals surface area contributed by atoms with E-state index in [1.165, 1.54) is 12.1 Å². The first kappa shape index (κ1) is 19.2. The van der Waals surface area contributed by atoms with E-state index in [1.54, 1.807) is 6.07 Å². The first-order chi connectivity index (χ1) is 12.4. The van der Waals surface area contributed by atoms with Crippen molar-refractivity contribution in [1.29, 1.82) is 0 Å². The van der Waals surface area contributed by atoms with Crippen LogP contribution in [0.15, 0.2) is 36.4 Å². The van der Waals surface area contributed by atoms with Crippen LogP contribution < -0.4 is 14.8 Å². The highest BCUT2D eigenvalue weighted by atomic mass is 16.6. The van der Waals surface area contributed by atoms with Gasteiger partial charge in [0.25, 0.3) is 11.6 Å². The summed E-state index contributed by atoms with van der Waals surface area (Å²) in [5, 5.41) is 13.8. The topological polar surface area (TPSA) is 90.7 Å². The number of carbonyl (C=O) groups is 1. The molecule has 0 saturated heterocycles. The number of hydrogen-bond acceptors (Lipinski definition) is 5. The molecular formula is C19H22N2O5. The second-order valence-corrected chi connectivity index (χ2v) is 5.84. The molecule has 0 spiro atoms. The van der Waals surface area contributed by atoms with E-state index in [1.807, 2.05) is 39.0 Å². The number of nitro groups is 1. The SMILES string of the molecule is CCCOc1ccc(NC(=O)COc2c(C)cccc2C)c([N+](=O)[O-])c1. The molecule has 26 heavy (non-hydrogen) atoms. The molecule has 138 valence electrons. The lowest BCUT2D eigenvalue weighted by molar-refractivity contribution is -0.384. The fourth-order valence-corrected chi connectivity index (χ4v) is 2.43. The minimum Gasteiger partial charge on any atom is -0.493 e. The van der Waals surface area contributed by atoms with Crippen molar-refractivity contribution >= 4 is 17.3 Å². The second-order valence-electron chi connectivity index (χ2n) is 5.84. The van der Waals surface area contributed by atoms with Gasteiger partial charge in [-0.3, -0.25) is 14.9 Å². The van der Waals surface area contributed by atoms with E-state index < -0.39 is 10.8 Å². The predicted octanol–water partition coefficient (Wildman–Crippen LogP) is 4.02. The zero-order valence-electron chi connectivity index (χ0n) is 15.1. The Morgan fingerprint density at radius 1 is 1.15 bits per heavy atom. The van der Waals surface area contributed by atoms with Crippen LogP contribution in [0.2, 0.25) is 0 Å². The van der Waals surface area contributed by atoms with Crippen molar-refractivity contribution in [3.05, 3.63) is 57.6 Å². The molecule has 0 unspecified atom stereocenters. The van der Waals surface area contributed by atoms with Crippen LogP contribution in [0.3, 0.4) is 0 Å². The quantitative estimate of drug-likeness (QED) is 0.568. The Hall–Kier alpha value is -3.09. The highest BCUT2D eigenvalue weighted by Crippen LogP contribution is 2.29. The van der Waals surface area contributed by atoms with Gasteiger partial charge in [-0.05, 0) is 43.5 Å². The first-order valence-corrected chi connectivity index (χ1v) is 8.32. The van der Waals surface area contributed by atoms with Crippen molar-refractivity contribution in [2.75, 3.05) is 18.5 Å². The van der Waals surface area contributed by atoms with Gasteiger partial charge < -0.3 is 14.8 Å². The van der Waals surface area contributed by atoms with Crippen LogP contribution in [0.1, 0.15) is 24.5 Å². The summed E-state index contributed by atoms with van der Waals surface area (Å²) in [4.78, 5) is 22.9. The van der Waals surface area contributed by atoms with Crippen molar-refractivity contribution in [3.8, 4) is 11.5 Å². The average molecular weight is 358 g/mol. The Balaban J connectivity index is 2.07. The number of aryl methyl sites for hydroxylation is 2.